The number of carbonyl (C=O) groups is 1. The summed E-state index contributed by atoms with van der Waals surface area (Å²) in [6.45, 7) is 3.92. The zero-order valence-corrected chi connectivity index (χ0v) is 17.9. The number of hydrogen-bond acceptors (Lipinski definition) is 5. The van der Waals surface area contributed by atoms with E-state index in [0.29, 0.717) is 18.6 Å². The number of benzene rings is 2. The van der Waals surface area contributed by atoms with Gasteiger partial charge in [0, 0.05) is 23.4 Å². The molecule has 0 saturated carbocycles. The van der Waals surface area contributed by atoms with E-state index in [2.05, 4.69) is 20.4 Å². The fourth-order valence-electron chi connectivity index (χ4n) is 3.88. The number of ether oxygens (including phenoxy) is 1. The van der Waals surface area contributed by atoms with Crippen LogP contribution < -0.4 is 10.1 Å². The molecule has 0 aliphatic heterocycles. The molecule has 0 saturated heterocycles. The molecule has 7 nitrogen and oxygen atoms in total. The second kappa shape index (κ2) is 8.95. The first-order chi connectivity index (χ1) is 15.1. The molecule has 0 bridgehead atoms. The van der Waals surface area contributed by atoms with E-state index in [9.17, 15) is 4.79 Å². The fraction of sp³-hybridized carbons (Fsp3) is 0.250. The van der Waals surface area contributed by atoms with Crippen LogP contribution in [0.15, 0.2) is 60.9 Å². The topological polar surface area (TPSA) is 81.4 Å². The van der Waals surface area contributed by atoms with Gasteiger partial charge in [-0.3, -0.25) is 4.79 Å². The van der Waals surface area contributed by atoms with Crippen molar-refractivity contribution in [3.63, 3.8) is 0 Å². The smallest absolute Gasteiger partial charge is 0.252 e. The largest absolute Gasteiger partial charge is 0.496 e. The number of aromatic nitrogens is 4. The van der Waals surface area contributed by atoms with Gasteiger partial charge in [-0.1, -0.05) is 48.5 Å². The SMILES string of the molecule is COc1ccccc1[C@@H](NC(=O)CCc1c(C)nc2ncnn2c1C)c1ccccc1. The van der Waals surface area contributed by atoms with Crippen LogP contribution in [0.5, 0.6) is 5.75 Å². The van der Waals surface area contributed by atoms with Crippen LogP contribution in [0, 0.1) is 13.8 Å². The molecule has 0 unspecified atom stereocenters. The van der Waals surface area contributed by atoms with E-state index in [0.717, 1.165) is 33.8 Å². The number of hydrogen-bond donors (Lipinski definition) is 1. The number of aryl methyl sites for hydroxylation is 2. The average molecular weight is 415 g/mol. The molecule has 31 heavy (non-hydrogen) atoms. The zero-order valence-electron chi connectivity index (χ0n) is 17.9. The number of amides is 1. The first-order valence-corrected chi connectivity index (χ1v) is 10.2. The van der Waals surface area contributed by atoms with E-state index >= 15 is 0 Å². The molecule has 7 heteroatoms. The second-order valence-electron chi connectivity index (χ2n) is 7.39. The van der Waals surface area contributed by atoms with E-state index < -0.39 is 0 Å². The van der Waals surface area contributed by atoms with Gasteiger partial charge in [0.05, 0.1) is 13.2 Å². The summed E-state index contributed by atoms with van der Waals surface area (Å²) in [4.78, 5) is 21.6. The number of nitrogens with one attached hydrogen (secondary N) is 1. The number of nitrogens with zero attached hydrogens (tertiary/aromatic N) is 4. The summed E-state index contributed by atoms with van der Waals surface area (Å²) in [5.41, 5.74) is 4.76. The van der Waals surface area contributed by atoms with Crippen LogP contribution in [0.1, 0.15) is 40.5 Å². The number of methoxy groups -OCH3 is 1. The van der Waals surface area contributed by atoms with Gasteiger partial charge in [0.1, 0.15) is 12.1 Å². The van der Waals surface area contributed by atoms with Crippen molar-refractivity contribution in [3.05, 3.63) is 89.0 Å². The van der Waals surface area contributed by atoms with Crippen molar-refractivity contribution < 1.29 is 9.53 Å². The summed E-state index contributed by atoms with van der Waals surface area (Å²) in [7, 11) is 1.64. The summed E-state index contributed by atoms with van der Waals surface area (Å²) < 4.78 is 7.26. The lowest BCUT2D eigenvalue weighted by molar-refractivity contribution is -0.121. The molecule has 0 spiro atoms. The van der Waals surface area contributed by atoms with Gasteiger partial charge >= 0.3 is 0 Å². The number of fused-ring (bicyclic) bond motifs is 1. The van der Waals surface area contributed by atoms with Crippen LogP contribution in [0.4, 0.5) is 0 Å². The lowest BCUT2D eigenvalue weighted by atomic mass is 9.97. The highest BCUT2D eigenvalue weighted by Gasteiger charge is 2.21. The van der Waals surface area contributed by atoms with Crippen molar-refractivity contribution in [2.75, 3.05) is 7.11 Å². The van der Waals surface area contributed by atoms with Crippen LogP contribution in [-0.2, 0) is 11.2 Å². The fourth-order valence-corrected chi connectivity index (χ4v) is 3.88. The molecule has 1 N–H and O–H groups in total. The minimum Gasteiger partial charge on any atom is -0.496 e. The van der Waals surface area contributed by atoms with Gasteiger partial charge < -0.3 is 10.1 Å². The van der Waals surface area contributed by atoms with Crippen LogP contribution >= 0.6 is 0 Å². The van der Waals surface area contributed by atoms with Gasteiger partial charge in [-0.05, 0) is 37.5 Å². The Morgan fingerprint density at radius 1 is 1.10 bits per heavy atom. The number of rotatable bonds is 7. The third-order valence-corrected chi connectivity index (χ3v) is 5.48. The number of para-hydroxylation sites is 1. The highest BCUT2D eigenvalue weighted by Crippen LogP contribution is 2.30. The summed E-state index contributed by atoms with van der Waals surface area (Å²) in [5.74, 6) is 1.27. The van der Waals surface area contributed by atoms with Gasteiger partial charge in [-0.15, -0.1) is 0 Å². The lowest BCUT2D eigenvalue weighted by Crippen LogP contribution is -2.30. The first kappa shape index (κ1) is 20.5. The molecule has 158 valence electrons. The predicted molar refractivity (Wildman–Crippen MR) is 118 cm³/mol. The summed E-state index contributed by atoms with van der Waals surface area (Å²) in [5, 5.41) is 7.41. The summed E-state index contributed by atoms with van der Waals surface area (Å²) >= 11 is 0. The number of carbonyl (C=O) groups excluding carboxylic acids is 1. The van der Waals surface area contributed by atoms with Gasteiger partial charge in [-0.25, -0.2) is 9.50 Å². The third-order valence-electron chi connectivity index (χ3n) is 5.48. The average Bonchev–Trinajstić information content (AvgIpc) is 3.26. The predicted octanol–water partition coefficient (Wildman–Crippen LogP) is 3.59. The molecule has 2 aromatic carbocycles. The van der Waals surface area contributed by atoms with Gasteiger partial charge in [0.2, 0.25) is 5.91 Å². The Labute approximate surface area is 181 Å². The third kappa shape index (κ3) is 4.26. The maximum atomic E-state index is 13.0. The Balaban J connectivity index is 1.56. The van der Waals surface area contributed by atoms with Crippen molar-refractivity contribution in [1.29, 1.82) is 0 Å². The standard InChI is InChI=1S/C24H25N5O2/c1-16-19(17(2)29-24(27-16)25-15-26-29)13-14-22(30)28-23(18-9-5-4-6-10-18)20-11-7-8-12-21(20)31-3/h4-12,15,23H,13-14H2,1-3H3,(H,28,30)/t23-/m0/s1. The molecule has 4 aromatic rings. The molecule has 1 amide bonds. The Kier molecular flexibility index (Phi) is 5.93. The van der Waals surface area contributed by atoms with E-state index in [1.165, 1.54) is 6.33 Å². The van der Waals surface area contributed by atoms with Gasteiger partial charge in [0.25, 0.3) is 5.78 Å². The molecule has 2 aromatic heterocycles. The monoisotopic (exact) mass is 415 g/mol. The molecular weight excluding hydrogens is 390 g/mol. The van der Waals surface area contributed by atoms with Crippen LogP contribution in [0.25, 0.3) is 5.78 Å². The van der Waals surface area contributed by atoms with E-state index in [-0.39, 0.29) is 11.9 Å². The summed E-state index contributed by atoms with van der Waals surface area (Å²) in [6.07, 6.45) is 2.39. The molecule has 4 rings (SSSR count). The summed E-state index contributed by atoms with van der Waals surface area (Å²) in [6, 6.07) is 17.4. The second-order valence-corrected chi connectivity index (χ2v) is 7.39. The normalized spacial score (nSPS) is 12.0. The van der Waals surface area contributed by atoms with Crippen molar-refractivity contribution >= 4 is 11.7 Å². The van der Waals surface area contributed by atoms with Crippen LogP contribution in [-0.4, -0.2) is 32.6 Å². The maximum absolute atomic E-state index is 13.0. The maximum Gasteiger partial charge on any atom is 0.252 e. The highest BCUT2D eigenvalue weighted by atomic mass is 16.5. The van der Waals surface area contributed by atoms with Crippen molar-refractivity contribution in [2.24, 2.45) is 0 Å². The van der Waals surface area contributed by atoms with Crippen LogP contribution in [0.2, 0.25) is 0 Å². The van der Waals surface area contributed by atoms with Crippen molar-refractivity contribution in [2.45, 2.75) is 32.7 Å². The van der Waals surface area contributed by atoms with Gasteiger partial charge in [-0.2, -0.15) is 10.1 Å². The van der Waals surface area contributed by atoms with Crippen molar-refractivity contribution in [3.8, 4) is 5.75 Å². The molecular formula is C24H25N5O2. The minimum absolute atomic E-state index is 0.0442. The van der Waals surface area contributed by atoms with E-state index in [1.807, 2.05) is 68.4 Å². The Hall–Kier alpha value is -3.74. The molecule has 1 atom stereocenters. The molecule has 0 radical (unpaired) electrons. The highest BCUT2D eigenvalue weighted by molar-refractivity contribution is 5.77. The van der Waals surface area contributed by atoms with Crippen molar-refractivity contribution in [1.82, 2.24) is 24.9 Å². The zero-order chi connectivity index (χ0) is 21.8. The Bertz CT molecular complexity index is 1200. The minimum atomic E-state index is -0.303. The first-order valence-electron chi connectivity index (χ1n) is 10.2. The van der Waals surface area contributed by atoms with Crippen LogP contribution in [0.3, 0.4) is 0 Å². The molecule has 2 heterocycles. The quantitative estimate of drug-likeness (QED) is 0.499. The molecule has 0 aliphatic rings. The Morgan fingerprint density at radius 2 is 1.84 bits per heavy atom. The molecule has 0 fully saturated rings. The van der Waals surface area contributed by atoms with E-state index in [4.69, 9.17) is 4.74 Å². The molecule has 0 aliphatic carbocycles. The van der Waals surface area contributed by atoms with Gasteiger partial charge in [0.15, 0.2) is 0 Å². The Morgan fingerprint density at radius 3 is 2.61 bits per heavy atom. The lowest BCUT2D eigenvalue weighted by Gasteiger charge is -2.22. The van der Waals surface area contributed by atoms with E-state index in [1.54, 1.807) is 11.6 Å².